The van der Waals surface area contributed by atoms with E-state index in [1.165, 1.54) is 6.07 Å². The molecule has 21 heavy (non-hydrogen) atoms. The van der Waals surface area contributed by atoms with Crippen molar-refractivity contribution in [3.05, 3.63) is 29.6 Å². The molecule has 1 aromatic rings. The van der Waals surface area contributed by atoms with E-state index in [0.29, 0.717) is 31.7 Å². The number of hydrogen-bond acceptors (Lipinski definition) is 4. The summed E-state index contributed by atoms with van der Waals surface area (Å²) in [5, 5.41) is 2.52. The third-order valence-electron chi connectivity index (χ3n) is 2.96. The van der Waals surface area contributed by atoms with Crippen molar-refractivity contribution in [2.24, 2.45) is 0 Å². The lowest BCUT2D eigenvalue weighted by molar-refractivity contribution is -0.137. The third kappa shape index (κ3) is 4.89. The lowest BCUT2D eigenvalue weighted by Crippen LogP contribution is -2.30. The molecule has 1 N–H and O–H groups in total. The van der Waals surface area contributed by atoms with Gasteiger partial charge in [0.05, 0.1) is 18.8 Å². The molecule has 1 amide bonds. The van der Waals surface area contributed by atoms with Crippen molar-refractivity contribution >= 4 is 6.09 Å². The molecule has 1 aromatic heterocycles. The average Bonchev–Trinajstić information content (AvgIpc) is 2.91. The molecule has 2 rings (SSSR count). The minimum absolute atomic E-state index is 0.228. The molecule has 1 fully saturated rings. The van der Waals surface area contributed by atoms with Crippen LogP contribution in [-0.4, -0.2) is 36.9 Å². The molecule has 1 aliphatic rings. The van der Waals surface area contributed by atoms with Gasteiger partial charge in [0, 0.05) is 31.3 Å². The first kappa shape index (κ1) is 15.6. The van der Waals surface area contributed by atoms with Crippen LogP contribution < -0.4 is 5.32 Å². The number of nitrogens with one attached hydrogen (secondary N) is 1. The van der Waals surface area contributed by atoms with Crippen LogP contribution >= 0.6 is 0 Å². The van der Waals surface area contributed by atoms with E-state index in [4.69, 9.17) is 9.47 Å². The van der Waals surface area contributed by atoms with Crippen LogP contribution in [0, 0.1) is 0 Å². The van der Waals surface area contributed by atoms with Crippen molar-refractivity contribution in [2.75, 3.05) is 19.8 Å². The highest BCUT2D eigenvalue weighted by atomic mass is 19.4. The van der Waals surface area contributed by atoms with E-state index in [1.807, 2.05) is 0 Å². The van der Waals surface area contributed by atoms with Crippen molar-refractivity contribution < 1.29 is 27.4 Å². The zero-order valence-corrected chi connectivity index (χ0v) is 11.2. The highest BCUT2D eigenvalue weighted by Crippen LogP contribution is 2.28. The normalized spacial score (nSPS) is 18.5. The predicted octanol–water partition coefficient (Wildman–Crippen LogP) is 2.16. The van der Waals surface area contributed by atoms with E-state index < -0.39 is 17.8 Å². The van der Waals surface area contributed by atoms with Crippen LogP contribution in [0.15, 0.2) is 18.3 Å². The summed E-state index contributed by atoms with van der Waals surface area (Å²) in [4.78, 5) is 15.1. The molecule has 0 bridgehead atoms. The maximum atomic E-state index is 12.3. The van der Waals surface area contributed by atoms with Crippen LogP contribution in [0.25, 0.3) is 0 Å². The molecule has 8 heteroatoms. The van der Waals surface area contributed by atoms with Gasteiger partial charge in [-0.05, 0) is 12.1 Å². The summed E-state index contributed by atoms with van der Waals surface area (Å²) in [5.41, 5.74) is -0.327. The number of hydrogen-bond donors (Lipinski definition) is 1. The predicted molar refractivity (Wildman–Crippen MR) is 66.7 cm³/mol. The van der Waals surface area contributed by atoms with E-state index in [1.54, 1.807) is 0 Å². The molecule has 0 aromatic carbocycles. The molecule has 1 saturated heterocycles. The van der Waals surface area contributed by atoms with Gasteiger partial charge in [0.1, 0.15) is 6.10 Å². The monoisotopic (exact) mass is 304 g/mol. The Hall–Kier alpha value is -1.83. The van der Waals surface area contributed by atoms with Gasteiger partial charge in [-0.15, -0.1) is 0 Å². The second-order valence-electron chi connectivity index (χ2n) is 4.60. The van der Waals surface area contributed by atoms with Gasteiger partial charge >= 0.3 is 12.3 Å². The average molecular weight is 304 g/mol. The molecule has 0 radical (unpaired) electrons. The van der Waals surface area contributed by atoms with Gasteiger partial charge < -0.3 is 14.8 Å². The summed E-state index contributed by atoms with van der Waals surface area (Å²) in [6.45, 7) is 1.21. The Balaban J connectivity index is 1.71. The number of carbonyl (C=O) groups is 1. The maximum absolute atomic E-state index is 12.3. The summed E-state index contributed by atoms with van der Waals surface area (Å²) in [5.74, 6) is 0. The van der Waals surface area contributed by atoms with Crippen molar-refractivity contribution in [3.63, 3.8) is 0 Å². The van der Waals surface area contributed by atoms with Crippen LogP contribution in [-0.2, 0) is 22.1 Å². The number of halogens is 3. The zero-order chi connectivity index (χ0) is 15.3. The van der Waals surface area contributed by atoms with Crippen molar-refractivity contribution in [1.29, 1.82) is 0 Å². The second-order valence-corrected chi connectivity index (χ2v) is 4.60. The number of ether oxygens (including phenoxy) is 2. The molecule has 2 heterocycles. The number of pyridine rings is 1. The maximum Gasteiger partial charge on any atom is 0.417 e. The second kappa shape index (κ2) is 6.75. The molecule has 5 nitrogen and oxygen atoms in total. The summed E-state index contributed by atoms with van der Waals surface area (Å²) in [6.07, 6.45) is -3.39. The van der Waals surface area contributed by atoms with Crippen LogP contribution in [0.2, 0.25) is 0 Å². The van der Waals surface area contributed by atoms with E-state index in [2.05, 4.69) is 10.3 Å². The van der Waals surface area contributed by atoms with Crippen LogP contribution in [0.4, 0.5) is 18.0 Å². The quantitative estimate of drug-likeness (QED) is 0.926. The number of alkyl carbamates (subject to hydrolysis) is 1. The third-order valence-corrected chi connectivity index (χ3v) is 2.96. The van der Waals surface area contributed by atoms with Crippen LogP contribution in [0.1, 0.15) is 17.7 Å². The van der Waals surface area contributed by atoms with Crippen LogP contribution in [0.5, 0.6) is 0 Å². The summed E-state index contributed by atoms with van der Waals surface area (Å²) in [7, 11) is 0. The zero-order valence-electron chi connectivity index (χ0n) is 11.2. The van der Waals surface area contributed by atoms with Crippen molar-refractivity contribution in [2.45, 2.75) is 25.1 Å². The lowest BCUT2D eigenvalue weighted by Gasteiger charge is -2.11. The fourth-order valence-corrected chi connectivity index (χ4v) is 1.83. The molecule has 0 aliphatic carbocycles. The number of carbonyl (C=O) groups excluding carboxylic acids is 1. The highest BCUT2D eigenvalue weighted by molar-refractivity contribution is 5.67. The Kier molecular flexibility index (Phi) is 5.00. The van der Waals surface area contributed by atoms with Gasteiger partial charge in [-0.25, -0.2) is 4.79 Å². The number of aromatic nitrogens is 1. The highest BCUT2D eigenvalue weighted by Gasteiger charge is 2.30. The van der Waals surface area contributed by atoms with Crippen molar-refractivity contribution in [1.82, 2.24) is 10.3 Å². The smallest absolute Gasteiger partial charge is 0.417 e. The first-order valence-electron chi connectivity index (χ1n) is 6.49. The summed E-state index contributed by atoms with van der Waals surface area (Å²) in [6, 6.07) is 2.26. The van der Waals surface area contributed by atoms with Gasteiger partial charge in [-0.3, -0.25) is 4.98 Å². The number of amides is 1. The first-order chi connectivity index (χ1) is 9.95. The van der Waals surface area contributed by atoms with Gasteiger partial charge in [-0.1, -0.05) is 0 Å². The molecule has 0 spiro atoms. The van der Waals surface area contributed by atoms with E-state index in [9.17, 15) is 18.0 Å². The first-order valence-corrected chi connectivity index (χ1v) is 6.49. The lowest BCUT2D eigenvalue weighted by atomic mass is 10.2. The van der Waals surface area contributed by atoms with Gasteiger partial charge in [0.15, 0.2) is 0 Å². The fraction of sp³-hybridized carbons (Fsp3) is 0.538. The standard InChI is InChI=1S/C13H15F3N2O3/c14-13(15,16)9-1-2-10(18-7-9)3-5-17-12(19)21-11-4-6-20-8-11/h1-2,7,11H,3-6,8H2,(H,17,19)/t11-/m0/s1. The number of alkyl halides is 3. The van der Waals surface area contributed by atoms with Gasteiger partial charge in [-0.2, -0.15) is 13.2 Å². The molecule has 1 aliphatic heterocycles. The Morgan fingerprint density at radius 2 is 2.29 bits per heavy atom. The molecule has 0 saturated carbocycles. The van der Waals surface area contributed by atoms with E-state index in [0.717, 1.165) is 12.3 Å². The minimum Gasteiger partial charge on any atom is -0.444 e. The Morgan fingerprint density at radius 3 is 2.86 bits per heavy atom. The summed E-state index contributed by atoms with van der Waals surface area (Å²) < 4.78 is 47.2. The molecular formula is C13H15F3N2O3. The van der Waals surface area contributed by atoms with E-state index >= 15 is 0 Å². The fourth-order valence-electron chi connectivity index (χ4n) is 1.83. The Labute approximate surface area is 119 Å². The molecule has 1 atom stereocenters. The Morgan fingerprint density at radius 1 is 1.48 bits per heavy atom. The topological polar surface area (TPSA) is 60.5 Å². The largest absolute Gasteiger partial charge is 0.444 e. The van der Waals surface area contributed by atoms with Gasteiger partial charge in [0.25, 0.3) is 0 Å². The van der Waals surface area contributed by atoms with Crippen molar-refractivity contribution in [3.8, 4) is 0 Å². The molecule has 116 valence electrons. The van der Waals surface area contributed by atoms with Gasteiger partial charge in [0.2, 0.25) is 0 Å². The molecular weight excluding hydrogens is 289 g/mol. The van der Waals surface area contributed by atoms with E-state index in [-0.39, 0.29) is 12.6 Å². The molecule has 0 unspecified atom stereocenters. The minimum atomic E-state index is -4.39. The van der Waals surface area contributed by atoms with Crippen LogP contribution in [0.3, 0.4) is 0 Å². The Bertz CT molecular complexity index is 471. The number of rotatable bonds is 4. The number of nitrogens with zero attached hydrogens (tertiary/aromatic N) is 1. The SMILES string of the molecule is O=C(NCCc1ccc(C(F)(F)F)cn1)O[C@H]1CCOC1. The summed E-state index contributed by atoms with van der Waals surface area (Å²) >= 11 is 0.